The Morgan fingerprint density at radius 3 is 2.17 bits per heavy atom. The van der Waals surface area contributed by atoms with Gasteiger partial charge in [-0.15, -0.1) is 0 Å². The van der Waals surface area contributed by atoms with Crippen LogP contribution in [0, 0.1) is 11.3 Å². The minimum atomic E-state index is -0.125. The Morgan fingerprint density at radius 1 is 1.17 bits per heavy atom. The molecular weight excluding hydrogens is 222 g/mol. The van der Waals surface area contributed by atoms with E-state index in [0.29, 0.717) is 11.3 Å². The van der Waals surface area contributed by atoms with Gasteiger partial charge in [0, 0.05) is 5.54 Å². The molecule has 0 aliphatic heterocycles. The Morgan fingerprint density at radius 2 is 1.72 bits per heavy atom. The van der Waals surface area contributed by atoms with E-state index in [1.807, 2.05) is 12.1 Å². The molecule has 1 aliphatic rings. The predicted octanol–water partition coefficient (Wildman–Crippen LogP) is 3.70. The van der Waals surface area contributed by atoms with Crippen molar-refractivity contribution in [3.8, 4) is 5.75 Å². The van der Waals surface area contributed by atoms with Gasteiger partial charge in [-0.3, -0.25) is 0 Å². The normalized spacial score (nSPS) is 20.6. The van der Waals surface area contributed by atoms with Crippen LogP contribution in [-0.4, -0.2) is 6.61 Å². The highest BCUT2D eigenvalue weighted by Gasteiger charge is 2.47. The van der Waals surface area contributed by atoms with E-state index in [1.54, 1.807) is 0 Å². The quantitative estimate of drug-likeness (QED) is 0.880. The Kier molecular flexibility index (Phi) is 3.41. The van der Waals surface area contributed by atoms with Crippen molar-refractivity contribution in [1.82, 2.24) is 0 Å². The Hall–Kier alpha value is -1.02. The molecule has 100 valence electrons. The van der Waals surface area contributed by atoms with Crippen LogP contribution in [0.5, 0.6) is 5.75 Å². The second kappa shape index (κ2) is 4.58. The van der Waals surface area contributed by atoms with Crippen molar-refractivity contribution in [3.05, 3.63) is 29.8 Å². The molecule has 0 atom stereocenters. The van der Waals surface area contributed by atoms with Crippen LogP contribution in [0.4, 0.5) is 0 Å². The van der Waals surface area contributed by atoms with E-state index < -0.39 is 0 Å². The van der Waals surface area contributed by atoms with Gasteiger partial charge in [-0.25, -0.2) is 0 Å². The molecule has 0 heterocycles. The zero-order valence-electron chi connectivity index (χ0n) is 12.0. The summed E-state index contributed by atoms with van der Waals surface area (Å²) >= 11 is 0. The molecule has 0 aromatic heterocycles. The van der Waals surface area contributed by atoms with Gasteiger partial charge in [-0.2, -0.15) is 0 Å². The monoisotopic (exact) mass is 247 g/mol. The van der Waals surface area contributed by atoms with Gasteiger partial charge in [0.05, 0.1) is 6.61 Å². The average Bonchev–Trinajstić information content (AvgIpc) is 2.24. The van der Waals surface area contributed by atoms with Crippen LogP contribution >= 0.6 is 0 Å². The predicted molar refractivity (Wildman–Crippen MR) is 75.7 cm³/mol. The summed E-state index contributed by atoms with van der Waals surface area (Å²) in [5, 5.41) is 0. The van der Waals surface area contributed by atoms with Crippen molar-refractivity contribution in [2.75, 3.05) is 6.61 Å². The maximum absolute atomic E-state index is 6.43. The van der Waals surface area contributed by atoms with Crippen LogP contribution in [0.25, 0.3) is 0 Å². The summed E-state index contributed by atoms with van der Waals surface area (Å²) in [6.07, 6.45) is 2.12. The lowest BCUT2D eigenvalue weighted by atomic mass is 9.57. The summed E-state index contributed by atoms with van der Waals surface area (Å²) in [4.78, 5) is 0. The lowest BCUT2D eigenvalue weighted by molar-refractivity contribution is 0.0618. The van der Waals surface area contributed by atoms with E-state index in [2.05, 4.69) is 39.8 Å². The maximum atomic E-state index is 6.43. The molecule has 1 aromatic rings. The van der Waals surface area contributed by atoms with Crippen LogP contribution in [0.15, 0.2) is 24.3 Å². The molecule has 18 heavy (non-hydrogen) atoms. The maximum Gasteiger partial charge on any atom is 0.119 e. The molecule has 0 amide bonds. The zero-order chi connectivity index (χ0) is 13.4. The molecule has 2 N–H and O–H groups in total. The third-order valence-electron chi connectivity index (χ3n) is 3.60. The second-order valence-corrected chi connectivity index (χ2v) is 6.90. The minimum Gasteiger partial charge on any atom is -0.493 e. The molecule has 1 aliphatic carbocycles. The second-order valence-electron chi connectivity index (χ2n) is 6.90. The highest BCUT2D eigenvalue weighted by atomic mass is 16.5. The van der Waals surface area contributed by atoms with Gasteiger partial charge in [0.25, 0.3) is 0 Å². The first-order chi connectivity index (χ1) is 8.31. The first-order valence-corrected chi connectivity index (χ1v) is 6.83. The molecule has 1 aromatic carbocycles. The molecule has 1 fully saturated rings. The first-order valence-electron chi connectivity index (χ1n) is 6.83. The third kappa shape index (κ3) is 2.86. The molecule has 2 heteroatoms. The van der Waals surface area contributed by atoms with Gasteiger partial charge in [-0.05, 0) is 41.9 Å². The van der Waals surface area contributed by atoms with Crippen molar-refractivity contribution in [2.24, 2.45) is 17.1 Å². The number of nitrogens with two attached hydrogens (primary N) is 1. The van der Waals surface area contributed by atoms with Gasteiger partial charge >= 0.3 is 0 Å². The van der Waals surface area contributed by atoms with Gasteiger partial charge in [0.1, 0.15) is 5.75 Å². The van der Waals surface area contributed by atoms with Crippen molar-refractivity contribution < 1.29 is 4.74 Å². The average molecular weight is 247 g/mol. The van der Waals surface area contributed by atoms with Crippen LogP contribution in [-0.2, 0) is 5.54 Å². The summed E-state index contributed by atoms with van der Waals surface area (Å²) in [7, 11) is 0. The van der Waals surface area contributed by atoms with Crippen LogP contribution in [0.3, 0.4) is 0 Å². The fourth-order valence-electron chi connectivity index (χ4n) is 3.01. The van der Waals surface area contributed by atoms with E-state index in [0.717, 1.165) is 25.2 Å². The van der Waals surface area contributed by atoms with Crippen molar-refractivity contribution in [2.45, 2.75) is 46.1 Å². The highest BCUT2D eigenvalue weighted by molar-refractivity contribution is 5.34. The molecule has 0 unspecified atom stereocenters. The Labute approximate surface area is 111 Å². The fourth-order valence-corrected chi connectivity index (χ4v) is 3.01. The van der Waals surface area contributed by atoms with Crippen molar-refractivity contribution >= 4 is 0 Å². The molecule has 0 radical (unpaired) electrons. The fraction of sp³-hybridized carbons (Fsp3) is 0.625. The molecular formula is C16H25NO. The summed E-state index contributed by atoms with van der Waals surface area (Å²) in [5.41, 5.74) is 7.93. The molecule has 0 saturated heterocycles. The van der Waals surface area contributed by atoms with E-state index in [1.165, 1.54) is 5.56 Å². The largest absolute Gasteiger partial charge is 0.493 e. The molecule has 0 spiro atoms. The van der Waals surface area contributed by atoms with Crippen molar-refractivity contribution in [1.29, 1.82) is 0 Å². The number of hydrogen-bond acceptors (Lipinski definition) is 2. The molecule has 2 nitrogen and oxygen atoms in total. The lowest BCUT2D eigenvalue weighted by Gasteiger charge is -2.51. The zero-order valence-corrected chi connectivity index (χ0v) is 12.0. The van der Waals surface area contributed by atoms with Gasteiger partial charge in [0.15, 0.2) is 0 Å². The van der Waals surface area contributed by atoms with E-state index >= 15 is 0 Å². The summed E-state index contributed by atoms with van der Waals surface area (Å²) < 4.78 is 5.69. The molecule has 0 bridgehead atoms. The number of rotatable bonds is 4. The molecule has 1 saturated carbocycles. The summed E-state index contributed by atoms with van der Waals surface area (Å²) in [6.45, 7) is 9.62. The van der Waals surface area contributed by atoms with Gasteiger partial charge in [-0.1, -0.05) is 39.8 Å². The lowest BCUT2D eigenvalue weighted by Crippen LogP contribution is -2.53. The van der Waals surface area contributed by atoms with Gasteiger partial charge in [0.2, 0.25) is 0 Å². The Balaban J connectivity index is 2.00. The smallest absolute Gasteiger partial charge is 0.119 e. The molecule has 2 rings (SSSR count). The first kappa shape index (κ1) is 13.4. The van der Waals surface area contributed by atoms with Crippen LogP contribution < -0.4 is 10.5 Å². The number of hydrogen-bond donors (Lipinski definition) is 1. The standard InChI is InChI=1S/C16H25NO/c1-12(2)9-18-14-7-5-13(6-8-14)16(17)10-15(3,4)11-16/h5-8,12H,9-11,17H2,1-4H3. The summed E-state index contributed by atoms with van der Waals surface area (Å²) in [5.74, 6) is 1.49. The number of ether oxygens (including phenoxy) is 1. The topological polar surface area (TPSA) is 35.2 Å². The van der Waals surface area contributed by atoms with E-state index in [9.17, 15) is 0 Å². The van der Waals surface area contributed by atoms with Crippen molar-refractivity contribution in [3.63, 3.8) is 0 Å². The van der Waals surface area contributed by atoms with Crippen LogP contribution in [0.2, 0.25) is 0 Å². The van der Waals surface area contributed by atoms with E-state index in [4.69, 9.17) is 10.5 Å². The third-order valence-corrected chi connectivity index (χ3v) is 3.60. The minimum absolute atomic E-state index is 0.125. The van der Waals surface area contributed by atoms with Gasteiger partial charge < -0.3 is 10.5 Å². The Bertz CT molecular complexity index is 398. The number of benzene rings is 1. The SMILES string of the molecule is CC(C)COc1ccc(C2(N)CC(C)(C)C2)cc1. The van der Waals surface area contributed by atoms with Crippen LogP contribution in [0.1, 0.15) is 46.1 Å². The van der Waals surface area contributed by atoms with E-state index in [-0.39, 0.29) is 5.54 Å². The summed E-state index contributed by atoms with van der Waals surface area (Å²) in [6, 6.07) is 8.31. The highest BCUT2D eigenvalue weighted by Crippen LogP contribution is 2.51.